The molecule has 4 aromatic rings. The van der Waals surface area contributed by atoms with Crippen LogP contribution in [-0.4, -0.2) is 34.8 Å². The molecule has 1 atom stereocenters. The Morgan fingerprint density at radius 3 is 2.52 bits per heavy atom. The van der Waals surface area contributed by atoms with E-state index in [0.717, 1.165) is 0 Å². The predicted molar refractivity (Wildman–Crippen MR) is 167 cm³/mol. The van der Waals surface area contributed by atoms with E-state index in [0.29, 0.717) is 48.2 Å². The van der Waals surface area contributed by atoms with Crippen molar-refractivity contribution in [2.75, 3.05) is 7.11 Å². The summed E-state index contributed by atoms with van der Waals surface area (Å²) in [7, 11) is 1.51. The summed E-state index contributed by atoms with van der Waals surface area (Å²) < 4.78 is 18.9. The predicted octanol–water partition coefficient (Wildman–Crippen LogP) is 5.13. The van der Waals surface area contributed by atoms with Crippen LogP contribution in [0.3, 0.4) is 0 Å². The number of hydrogen-bond acceptors (Lipinski definition) is 8. The highest BCUT2D eigenvalue weighted by molar-refractivity contribution is 7.07. The Morgan fingerprint density at radius 2 is 1.84 bits per heavy atom. The number of halogens is 1. The lowest BCUT2D eigenvalue weighted by Crippen LogP contribution is -2.40. The number of carbonyl (C=O) groups excluding carboxylic acids is 1. The molecule has 5 rings (SSSR count). The van der Waals surface area contributed by atoms with Gasteiger partial charge in [0.05, 0.1) is 40.6 Å². The van der Waals surface area contributed by atoms with E-state index >= 15 is 0 Å². The molecular weight excluding hydrogens is 604 g/mol. The van der Waals surface area contributed by atoms with Crippen molar-refractivity contribution >= 4 is 41.0 Å². The van der Waals surface area contributed by atoms with Gasteiger partial charge >= 0.3 is 11.9 Å². The lowest BCUT2D eigenvalue weighted by atomic mass is 9.96. The van der Waals surface area contributed by atoms with Gasteiger partial charge in [0.25, 0.3) is 5.56 Å². The van der Waals surface area contributed by atoms with Crippen LogP contribution in [-0.2, 0) is 16.1 Å². The van der Waals surface area contributed by atoms with E-state index in [2.05, 4.69) is 4.99 Å². The Bertz CT molecular complexity index is 1960. The van der Waals surface area contributed by atoms with E-state index in [1.165, 1.54) is 29.1 Å². The molecule has 0 unspecified atom stereocenters. The summed E-state index contributed by atoms with van der Waals surface area (Å²) in [5.41, 5.74) is 2.70. The molecule has 0 bridgehead atoms. The summed E-state index contributed by atoms with van der Waals surface area (Å²) in [4.78, 5) is 43.5. The molecule has 11 heteroatoms. The van der Waals surface area contributed by atoms with Gasteiger partial charge in [-0.1, -0.05) is 53.3 Å². The minimum Gasteiger partial charge on any atom is -0.493 e. The standard InChI is InChI=1S/C33H29ClN2O7S/c1-18(2)43-32(40)28-19(3)35-33-36(29(28)22-9-11-24(34)12-10-22)30(37)27(44-33)16-20-8-13-25(26(15-20)41-4)42-17-21-6-5-7-23(14-21)31(38)39/h5-16,18,29H,17H2,1-4H3,(H,38,39)/b27-16-/t29-/m1/s1. The second kappa shape index (κ2) is 12.9. The highest BCUT2D eigenvalue weighted by atomic mass is 35.5. The second-order valence-electron chi connectivity index (χ2n) is 10.3. The Morgan fingerprint density at radius 1 is 1.09 bits per heavy atom. The van der Waals surface area contributed by atoms with Gasteiger partial charge in [0, 0.05) is 5.02 Å². The van der Waals surface area contributed by atoms with Gasteiger partial charge in [-0.2, -0.15) is 0 Å². The number of ether oxygens (including phenoxy) is 3. The fraction of sp³-hybridized carbons (Fsp3) is 0.212. The number of aromatic nitrogens is 1. The highest BCUT2D eigenvalue weighted by Gasteiger charge is 2.33. The van der Waals surface area contributed by atoms with Crippen LogP contribution in [0.1, 0.15) is 53.9 Å². The zero-order valence-electron chi connectivity index (χ0n) is 24.4. The lowest BCUT2D eigenvalue weighted by molar-refractivity contribution is -0.143. The number of fused-ring (bicyclic) bond motifs is 1. The molecule has 0 saturated carbocycles. The summed E-state index contributed by atoms with van der Waals surface area (Å²) in [6.45, 7) is 5.41. The number of carboxylic acids is 1. The van der Waals surface area contributed by atoms with Crippen LogP contribution < -0.4 is 24.4 Å². The number of rotatable bonds is 9. The number of methoxy groups -OCH3 is 1. The quantitative estimate of drug-likeness (QED) is 0.255. The summed E-state index contributed by atoms with van der Waals surface area (Å²) in [6.07, 6.45) is 1.38. The average molecular weight is 633 g/mol. The van der Waals surface area contributed by atoms with Crippen molar-refractivity contribution in [1.29, 1.82) is 0 Å². The number of esters is 1. The fourth-order valence-electron chi connectivity index (χ4n) is 4.82. The van der Waals surface area contributed by atoms with Gasteiger partial charge in [0.15, 0.2) is 16.3 Å². The maximum atomic E-state index is 13.9. The molecule has 0 radical (unpaired) electrons. The summed E-state index contributed by atoms with van der Waals surface area (Å²) in [6, 6.07) is 18.0. The van der Waals surface area contributed by atoms with Crippen molar-refractivity contribution in [3.05, 3.63) is 125 Å². The second-order valence-corrected chi connectivity index (χ2v) is 11.7. The summed E-state index contributed by atoms with van der Waals surface area (Å²) >= 11 is 7.36. The van der Waals surface area contributed by atoms with Crippen molar-refractivity contribution in [2.24, 2.45) is 4.99 Å². The number of nitrogens with zero attached hydrogens (tertiary/aromatic N) is 2. The van der Waals surface area contributed by atoms with E-state index in [1.54, 1.807) is 87.5 Å². The zero-order chi connectivity index (χ0) is 31.5. The number of thiazole rings is 1. The molecule has 0 aliphatic carbocycles. The minimum atomic E-state index is -1.01. The van der Waals surface area contributed by atoms with Crippen LogP contribution in [0.4, 0.5) is 0 Å². The van der Waals surface area contributed by atoms with Crippen LogP contribution in [0.2, 0.25) is 5.02 Å². The molecule has 0 spiro atoms. The van der Waals surface area contributed by atoms with Gasteiger partial charge in [0.2, 0.25) is 0 Å². The van der Waals surface area contributed by atoms with Crippen LogP contribution in [0.25, 0.3) is 6.08 Å². The molecular formula is C33H29ClN2O7S. The summed E-state index contributed by atoms with van der Waals surface area (Å²) in [5.74, 6) is -0.654. The number of benzene rings is 3. The smallest absolute Gasteiger partial charge is 0.338 e. The van der Waals surface area contributed by atoms with Crippen LogP contribution >= 0.6 is 22.9 Å². The normalized spacial score (nSPS) is 14.7. The third kappa shape index (κ3) is 6.46. The molecule has 1 aliphatic rings. The first-order valence-electron chi connectivity index (χ1n) is 13.7. The molecule has 3 aromatic carbocycles. The van der Waals surface area contributed by atoms with E-state index in [1.807, 2.05) is 0 Å². The largest absolute Gasteiger partial charge is 0.493 e. The molecule has 44 heavy (non-hydrogen) atoms. The maximum absolute atomic E-state index is 13.9. The van der Waals surface area contributed by atoms with E-state index in [4.69, 9.17) is 25.8 Å². The zero-order valence-corrected chi connectivity index (χ0v) is 25.9. The van der Waals surface area contributed by atoms with Gasteiger partial charge in [-0.05, 0) is 79.9 Å². The average Bonchev–Trinajstić information content (AvgIpc) is 3.29. The van der Waals surface area contributed by atoms with Crippen molar-refractivity contribution in [3.63, 3.8) is 0 Å². The van der Waals surface area contributed by atoms with E-state index in [9.17, 15) is 19.5 Å². The molecule has 1 aromatic heterocycles. The molecule has 1 N–H and O–H groups in total. The Kier molecular flexibility index (Phi) is 9.03. The van der Waals surface area contributed by atoms with Crippen molar-refractivity contribution < 1.29 is 28.9 Å². The first-order chi connectivity index (χ1) is 21.0. The minimum absolute atomic E-state index is 0.140. The number of allylic oxidation sites excluding steroid dienone is 1. The molecule has 1 aliphatic heterocycles. The Balaban J connectivity index is 1.51. The third-order valence-corrected chi connectivity index (χ3v) is 8.06. The SMILES string of the molecule is COc1cc(/C=c2\sc3n(c2=O)[C@H](c2ccc(Cl)cc2)C(C(=O)OC(C)C)=C(C)N=3)ccc1OCc1cccc(C(=O)O)c1. The molecule has 0 amide bonds. The highest BCUT2D eigenvalue weighted by Crippen LogP contribution is 2.32. The Hall–Kier alpha value is -4.67. The number of aromatic carboxylic acids is 1. The monoisotopic (exact) mass is 632 g/mol. The van der Waals surface area contributed by atoms with Crippen LogP contribution in [0.5, 0.6) is 11.5 Å². The van der Waals surface area contributed by atoms with Crippen molar-refractivity contribution in [1.82, 2.24) is 4.57 Å². The van der Waals surface area contributed by atoms with E-state index < -0.39 is 18.0 Å². The van der Waals surface area contributed by atoms with Crippen molar-refractivity contribution in [2.45, 2.75) is 39.5 Å². The van der Waals surface area contributed by atoms with Gasteiger partial charge in [-0.25, -0.2) is 14.6 Å². The third-order valence-electron chi connectivity index (χ3n) is 6.82. The molecule has 226 valence electrons. The number of carbonyl (C=O) groups is 2. The van der Waals surface area contributed by atoms with Gasteiger partial charge in [-0.3, -0.25) is 9.36 Å². The van der Waals surface area contributed by atoms with Gasteiger partial charge in [-0.15, -0.1) is 0 Å². The number of carboxylic acid groups (broad SMARTS) is 1. The lowest BCUT2D eigenvalue weighted by Gasteiger charge is -2.25. The molecule has 2 heterocycles. The molecule has 0 saturated heterocycles. The first-order valence-corrected chi connectivity index (χ1v) is 14.9. The summed E-state index contributed by atoms with van der Waals surface area (Å²) in [5, 5.41) is 9.78. The van der Waals surface area contributed by atoms with Gasteiger partial charge < -0.3 is 19.3 Å². The number of hydrogen-bond donors (Lipinski definition) is 1. The topological polar surface area (TPSA) is 116 Å². The van der Waals surface area contributed by atoms with Crippen LogP contribution in [0, 0.1) is 0 Å². The Labute approximate surface area is 261 Å². The van der Waals surface area contributed by atoms with Gasteiger partial charge in [0.1, 0.15) is 6.61 Å². The van der Waals surface area contributed by atoms with E-state index in [-0.39, 0.29) is 29.4 Å². The molecule has 0 fully saturated rings. The van der Waals surface area contributed by atoms with Crippen LogP contribution in [0.15, 0.2) is 87.8 Å². The first kappa shape index (κ1) is 30.8. The van der Waals surface area contributed by atoms with Crippen molar-refractivity contribution in [3.8, 4) is 11.5 Å². The molecule has 9 nitrogen and oxygen atoms in total. The maximum Gasteiger partial charge on any atom is 0.338 e. The fourth-order valence-corrected chi connectivity index (χ4v) is 5.99.